The second-order valence-electron chi connectivity index (χ2n) is 6.89. The number of morpholine rings is 1. The molecule has 0 saturated carbocycles. The Morgan fingerprint density at radius 1 is 1.40 bits per heavy atom. The first kappa shape index (κ1) is 24.9. The zero-order chi connectivity index (χ0) is 20.9. The number of aromatic nitrogens is 1. The van der Waals surface area contributed by atoms with Crippen molar-refractivity contribution < 1.29 is 17.9 Å². The van der Waals surface area contributed by atoms with Gasteiger partial charge in [0.05, 0.1) is 23.7 Å². The van der Waals surface area contributed by atoms with E-state index in [2.05, 4.69) is 15.3 Å². The normalized spacial score (nSPS) is 17.6. The Bertz CT molecular complexity index is 843. The van der Waals surface area contributed by atoms with Crippen LogP contribution in [0.1, 0.15) is 34.4 Å². The summed E-state index contributed by atoms with van der Waals surface area (Å²) in [5, 5.41) is 6.51. The minimum absolute atomic E-state index is 0. The van der Waals surface area contributed by atoms with Gasteiger partial charge in [-0.15, -0.1) is 35.3 Å². The van der Waals surface area contributed by atoms with Crippen molar-refractivity contribution in [3.05, 3.63) is 51.5 Å². The highest BCUT2D eigenvalue weighted by Gasteiger charge is 2.32. The van der Waals surface area contributed by atoms with E-state index in [0.29, 0.717) is 25.3 Å². The van der Waals surface area contributed by atoms with Crippen LogP contribution in [0.2, 0.25) is 0 Å². The molecule has 1 aromatic heterocycles. The van der Waals surface area contributed by atoms with Crippen molar-refractivity contribution in [3.8, 4) is 0 Å². The van der Waals surface area contributed by atoms with Crippen molar-refractivity contribution in [3.63, 3.8) is 0 Å². The summed E-state index contributed by atoms with van der Waals surface area (Å²) in [6.07, 6.45) is -2.97. The Labute approximate surface area is 195 Å². The predicted molar refractivity (Wildman–Crippen MR) is 124 cm³/mol. The maximum atomic E-state index is 13.0. The number of benzene rings is 1. The maximum absolute atomic E-state index is 13.0. The lowest BCUT2D eigenvalue weighted by molar-refractivity contribution is -0.137. The van der Waals surface area contributed by atoms with Crippen LogP contribution in [0.25, 0.3) is 0 Å². The summed E-state index contributed by atoms with van der Waals surface area (Å²) >= 11 is 1.67. The number of hydrogen-bond acceptors (Lipinski definition) is 4. The van der Waals surface area contributed by atoms with E-state index in [-0.39, 0.29) is 24.0 Å². The molecule has 1 aromatic carbocycles. The third kappa shape index (κ3) is 6.81. The van der Waals surface area contributed by atoms with Crippen molar-refractivity contribution in [2.45, 2.75) is 32.0 Å². The van der Waals surface area contributed by atoms with Crippen LogP contribution >= 0.6 is 35.3 Å². The number of nitrogens with zero attached hydrogens (tertiary/aromatic N) is 3. The number of alkyl halides is 3. The van der Waals surface area contributed by atoms with E-state index in [4.69, 9.17) is 4.74 Å². The number of guanidine groups is 1. The molecular formula is C20H26F3IN4OS. The third-order valence-corrected chi connectivity index (χ3v) is 5.71. The topological polar surface area (TPSA) is 49.8 Å². The molecule has 0 amide bonds. The van der Waals surface area contributed by atoms with E-state index in [1.54, 1.807) is 24.5 Å². The molecule has 2 heterocycles. The number of ether oxygens (including phenoxy) is 1. The summed E-state index contributed by atoms with van der Waals surface area (Å²) in [7, 11) is 1.71. The van der Waals surface area contributed by atoms with Crippen LogP contribution in [-0.4, -0.2) is 49.1 Å². The first-order valence-electron chi connectivity index (χ1n) is 9.52. The Balaban J connectivity index is 0.00000320. The average Bonchev–Trinajstić information content (AvgIpc) is 3.13. The molecule has 1 N–H and O–H groups in total. The van der Waals surface area contributed by atoms with Gasteiger partial charge in [0.1, 0.15) is 6.10 Å². The minimum atomic E-state index is -4.36. The van der Waals surface area contributed by atoms with Crippen molar-refractivity contribution in [1.82, 2.24) is 15.2 Å². The number of hydrogen-bond donors (Lipinski definition) is 1. The lowest BCUT2D eigenvalue weighted by atomic mass is 10.0. The van der Waals surface area contributed by atoms with E-state index in [1.165, 1.54) is 12.1 Å². The average molecular weight is 554 g/mol. The quantitative estimate of drug-likeness (QED) is 0.253. The SMILES string of the molecule is CN=C(NCCCc1nc(C)cs1)N1CCOC(c2cccc(C(F)(F)F)c2)C1.I. The molecule has 0 bridgehead atoms. The lowest BCUT2D eigenvalue weighted by Crippen LogP contribution is -2.48. The van der Waals surface area contributed by atoms with E-state index >= 15 is 0 Å². The van der Waals surface area contributed by atoms with Crippen LogP contribution in [0.5, 0.6) is 0 Å². The van der Waals surface area contributed by atoms with Gasteiger partial charge in [-0.05, 0) is 31.0 Å². The van der Waals surface area contributed by atoms with E-state index < -0.39 is 17.8 Å². The first-order valence-corrected chi connectivity index (χ1v) is 10.4. The van der Waals surface area contributed by atoms with Crippen LogP contribution in [0.3, 0.4) is 0 Å². The smallest absolute Gasteiger partial charge is 0.370 e. The number of nitrogens with one attached hydrogen (secondary N) is 1. The second-order valence-corrected chi connectivity index (χ2v) is 7.83. The van der Waals surface area contributed by atoms with Crippen LogP contribution in [-0.2, 0) is 17.3 Å². The Morgan fingerprint density at radius 2 is 2.20 bits per heavy atom. The maximum Gasteiger partial charge on any atom is 0.416 e. The Kier molecular flexibility index (Phi) is 9.35. The first-order chi connectivity index (χ1) is 13.9. The van der Waals surface area contributed by atoms with Gasteiger partial charge in [-0.1, -0.05) is 12.1 Å². The van der Waals surface area contributed by atoms with Gasteiger partial charge in [-0.3, -0.25) is 4.99 Å². The number of rotatable bonds is 5. The molecule has 1 aliphatic heterocycles. The summed E-state index contributed by atoms with van der Waals surface area (Å²) in [5.74, 6) is 0.737. The van der Waals surface area contributed by atoms with Crippen LogP contribution in [0, 0.1) is 6.92 Å². The fraction of sp³-hybridized carbons (Fsp3) is 0.500. The highest BCUT2D eigenvalue weighted by Crippen LogP contribution is 2.32. The molecule has 0 radical (unpaired) electrons. The fourth-order valence-corrected chi connectivity index (χ4v) is 4.07. The highest BCUT2D eigenvalue weighted by atomic mass is 127. The molecule has 2 aromatic rings. The van der Waals surface area contributed by atoms with E-state index in [0.717, 1.165) is 42.1 Å². The van der Waals surface area contributed by atoms with Gasteiger partial charge in [0.15, 0.2) is 5.96 Å². The molecule has 1 atom stereocenters. The summed E-state index contributed by atoms with van der Waals surface area (Å²) in [5.41, 5.74) is 0.914. The summed E-state index contributed by atoms with van der Waals surface area (Å²) in [4.78, 5) is 10.8. The highest BCUT2D eigenvalue weighted by molar-refractivity contribution is 14.0. The number of aryl methyl sites for hydroxylation is 2. The van der Waals surface area contributed by atoms with Crippen LogP contribution < -0.4 is 5.32 Å². The van der Waals surface area contributed by atoms with Crippen molar-refractivity contribution in [2.75, 3.05) is 33.3 Å². The van der Waals surface area contributed by atoms with Gasteiger partial charge in [0.25, 0.3) is 0 Å². The summed E-state index contributed by atoms with van der Waals surface area (Å²) in [6, 6.07) is 5.35. The molecule has 5 nitrogen and oxygen atoms in total. The van der Waals surface area contributed by atoms with Gasteiger partial charge in [0, 0.05) is 37.6 Å². The largest absolute Gasteiger partial charge is 0.416 e. The Hall–Kier alpha value is -1.40. The van der Waals surface area contributed by atoms with Gasteiger partial charge < -0.3 is 15.0 Å². The molecule has 1 saturated heterocycles. The zero-order valence-electron chi connectivity index (χ0n) is 16.9. The molecule has 0 spiro atoms. The Morgan fingerprint density at radius 3 is 2.87 bits per heavy atom. The van der Waals surface area contributed by atoms with Crippen molar-refractivity contribution >= 4 is 41.3 Å². The second kappa shape index (κ2) is 11.3. The molecule has 1 aliphatic rings. The molecule has 3 rings (SSSR count). The summed E-state index contributed by atoms with van der Waals surface area (Å²) < 4.78 is 44.8. The molecule has 30 heavy (non-hydrogen) atoms. The third-order valence-electron chi connectivity index (χ3n) is 4.68. The summed E-state index contributed by atoms with van der Waals surface area (Å²) in [6.45, 7) is 4.25. The molecule has 10 heteroatoms. The lowest BCUT2D eigenvalue weighted by Gasteiger charge is -2.35. The zero-order valence-corrected chi connectivity index (χ0v) is 20.1. The number of halogens is 4. The van der Waals surface area contributed by atoms with Crippen LogP contribution in [0.4, 0.5) is 13.2 Å². The molecule has 1 unspecified atom stereocenters. The van der Waals surface area contributed by atoms with E-state index in [1.807, 2.05) is 17.2 Å². The van der Waals surface area contributed by atoms with Gasteiger partial charge in [-0.25, -0.2) is 4.98 Å². The van der Waals surface area contributed by atoms with Crippen molar-refractivity contribution in [2.24, 2.45) is 4.99 Å². The van der Waals surface area contributed by atoms with Gasteiger partial charge in [0.2, 0.25) is 0 Å². The fourth-order valence-electron chi connectivity index (χ4n) is 3.25. The van der Waals surface area contributed by atoms with Crippen LogP contribution in [0.15, 0.2) is 34.6 Å². The molecular weight excluding hydrogens is 528 g/mol. The van der Waals surface area contributed by atoms with Gasteiger partial charge >= 0.3 is 6.18 Å². The number of aliphatic imine (C=N–C) groups is 1. The van der Waals surface area contributed by atoms with Gasteiger partial charge in [-0.2, -0.15) is 13.2 Å². The molecule has 0 aliphatic carbocycles. The van der Waals surface area contributed by atoms with E-state index in [9.17, 15) is 13.2 Å². The standard InChI is InChI=1S/C20H25F3N4OS.HI/c1-14-13-29-18(26-14)7-4-8-25-19(24-2)27-9-10-28-17(12-27)15-5-3-6-16(11-15)20(21,22)23;/h3,5-6,11,13,17H,4,7-10,12H2,1-2H3,(H,24,25);1H. The minimum Gasteiger partial charge on any atom is -0.370 e. The van der Waals surface area contributed by atoms with Crippen molar-refractivity contribution in [1.29, 1.82) is 0 Å². The number of thiazole rings is 1. The predicted octanol–water partition coefficient (Wildman–Crippen LogP) is 4.67. The molecule has 166 valence electrons. The monoisotopic (exact) mass is 554 g/mol. The molecule has 1 fully saturated rings.